The first-order chi connectivity index (χ1) is 17.8. The molecule has 2 saturated heterocycles. The van der Waals surface area contributed by atoms with E-state index in [0.29, 0.717) is 29.2 Å². The first-order valence-electron chi connectivity index (χ1n) is 11.9. The molecule has 2 aliphatic heterocycles. The normalized spacial score (nSPS) is 20.9. The number of carbonyl (C=O) groups excluding carboxylic acids is 1. The summed E-state index contributed by atoms with van der Waals surface area (Å²) in [7, 11) is 0. The number of carbonyl (C=O) groups is 1. The van der Waals surface area contributed by atoms with E-state index >= 15 is 0 Å². The largest absolute Gasteiger partial charge is 0.439 e. The predicted molar refractivity (Wildman–Crippen MR) is 131 cm³/mol. The number of fused-ring (bicyclic) bond motifs is 2. The molecule has 1 unspecified atom stereocenters. The fraction of sp³-hybridized carbons (Fsp3) is 0.269. The average Bonchev–Trinajstić information content (AvgIpc) is 3.39. The lowest BCUT2D eigenvalue weighted by atomic mass is 10.2. The van der Waals surface area contributed by atoms with Gasteiger partial charge in [0.1, 0.15) is 12.1 Å². The van der Waals surface area contributed by atoms with Crippen LogP contribution in [0.5, 0.6) is 11.6 Å². The number of ether oxygens (including phenoxy) is 1. The van der Waals surface area contributed by atoms with Gasteiger partial charge >= 0.3 is 12.2 Å². The first kappa shape index (κ1) is 23.4. The number of piperidine rings is 1. The van der Waals surface area contributed by atoms with Crippen molar-refractivity contribution in [3.8, 4) is 11.6 Å². The maximum atomic E-state index is 13.0. The summed E-state index contributed by atoms with van der Waals surface area (Å²) in [6, 6.07) is 13.9. The molecule has 6 rings (SSSR count). The summed E-state index contributed by atoms with van der Waals surface area (Å²) in [4.78, 5) is 23.8. The van der Waals surface area contributed by atoms with Gasteiger partial charge in [0.05, 0.1) is 16.8 Å². The number of hydrogen-bond donors (Lipinski definition) is 2. The third-order valence-electron chi connectivity index (χ3n) is 6.76. The lowest BCUT2D eigenvalue weighted by Gasteiger charge is -2.11. The maximum Gasteiger partial charge on any atom is 0.416 e. The molecule has 4 heterocycles. The van der Waals surface area contributed by atoms with Gasteiger partial charge in [-0.15, -0.1) is 0 Å². The molecule has 0 aliphatic carbocycles. The molecule has 37 heavy (non-hydrogen) atoms. The molecule has 4 aromatic rings. The number of nitrogens with one attached hydrogen (secondary N) is 2. The molecular formula is C26H23F3N6O2. The number of alkyl halides is 3. The van der Waals surface area contributed by atoms with Crippen LogP contribution in [0.4, 0.5) is 23.7 Å². The van der Waals surface area contributed by atoms with Crippen LogP contribution in [0.15, 0.2) is 67.1 Å². The van der Waals surface area contributed by atoms with Crippen molar-refractivity contribution in [3.63, 3.8) is 0 Å². The van der Waals surface area contributed by atoms with E-state index in [1.807, 2.05) is 6.07 Å². The quantitative estimate of drug-likeness (QED) is 0.375. The summed E-state index contributed by atoms with van der Waals surface area (Å²) in [5, 5.41) is 6.66. The molecule has 3 atom stereocenters. The Balaban J connectivity index is 1.14. The Morgan fingerprint density at radius 2 is 2.00 bits per heavy atom. The van der Waals surface area contributed by atoms with Crippen molar-refractivity contribution in [1.82, 2.24) is 24.8 Å². The Labute approximate surface area is 210 Å². The Hall–Kier alpha value is -3.96. The molecule has 2 N–H and O–H groups in total. The van der Waals surface area contributed by atoms with Gasteiger partial charge in [0.2, 0.25) is 5.88 Å². The first-order valence-corrected chi connectivity index (χ1v) is 11.9. The van der Waals surface area contributed by atoms with Gasteiger partial charge in [0, 0.05) is 48.5 Å². The van der Waals surface area contributed by atoms with Crippen LogP contribution in [0.1, 0.15) is 17.7 Å². The van der Waals surface area contributed by atoms with Gasteiger partial charge in [-0.1, -0.05) is 6.07 Å². The predicted octanol–water partition coefficient (Wildman–Crippen LogP) is 4.87. The van der Waals surface area contributed by atoms with E-state index < -0.39 is 17.8 Å². The molecule has 8 nitrogen and oxygen atoms in total. The van der Waals surface area contributed by atoms with Crippen LogP contribution in [0.3, 0.4) is 0 Å². The third-order valence-corrected chi connectivity index (χ3v) is 6.76. The molecule has 0 saturated carbocycles. The number of aromatic nitrogens is 3. The molecule has 2 aromatic carbocycles. The highest BCUT2D eigenvalue weighted by atomic mass is 19.4. The van der Waals surface area contributed by atoms with Crippen LogP contribution in [0.25, 0.3) is 10.9 Å². The van der Waals surface area contributed by atoms with E-state index in [1.165, 1.54) is 23.0 Å². The van der Waals surface area contributed by atoms with Crippen molar-refractivity contribution in [2.24, 2.45) is 0 Å². The van der Waals surface area contributed by atoms with E-state index in [2.05, 4.69) is 25.5 Å². The second-order valence-corrected chi connectivity index (χ2v) is 9.16. The molecule has 0 bridgehead atoms. The highest BCUT2D eigenvalue weighted by Gasteiger charge is 2.48. The molecule has 0 radical (unpaired) electrons. The van der Waals surface area contributed by atoms with Gasteiger partial charge in [0.25, 0.3) is 0 Å². The molecule has 0 spiro atoms. The minimum atomic E-state index is -4.49. The number of nitrogens with zero attached hydrogens (tertiary/aromatic N) is 4. The van der Waals surface area contributed by atoms with Gasteiger partial charge in [-0.2, -0.15) is 13.2 Å². The minimum absolute atomic E-state index is 0.0548. The number of benzene rings is 2. The Morgan fingerprint density at radius 3 is 2.81 bits per heavy atom. The summed E-state index contributed by atoms with van der Waals surface area (Å²) in [5.74, 6) is 0.965. The second kappa shape index (κ2) is 9.16. The monoisotopic (exact) mass is 508 g/mol. The van der Waals surface area contributed by atoms with Crippen LogP contribution in [0, 0.1) is 0 Å². The molecule has 2 aliphatic rings. The number of amides is 1. The summed E-state index contributed by atoms with van der Waals surface area (Å²) in [6.45, 7) is 2.81. The zero-order chi connectivity index (χ0) is 25.6. The zero-order valence-electron chi connectivity index (χ0n) is 19.6. The summed E-state index contributed by atoms with van der Waals surface area (Å²) in [5.41, 5.74) is 0.692. The Bertz CT molecular complexity index is 1460. The van der Waals surface area contributed by atoms with Gasteiger partial charge < -0.3 is 15.4 Å². The molecular weight excluding hydrogens is 485 g/mol. The maximum absolute atomic E-state index is 13.0. The Morgan fingerprint density at radius 1 is 1.11 bits per heavy atom. The summed E-state index contributed by atoms with van der Waals surface area (Å²) >= 11 is 0. The van der Waals surface area contributed by atoms with E-state index in [1.54, 1.807) is 30.5 Å². The molecule has 11 heteroatoms. The fourth-order valence-electron chi connectivity index (χ4n) is 4.88. The molecule has 2 aromatic heterocycles. The van der Waals surface area contributed by atoms with Crippen molar-refractivity contribution < 1.29 is 22.7 Å². The van der Waals surface area contributed by atoms with E-state index in [0.717, 1.165) is 49.3 Å². The fourth-order valence-corrected chi connectivity index (χ4v) is 4.88. The topological polar surface area (TPSA) is 84.1 Å². The van der Waals surface area contributed by atoms with E-state index in [4.69, 9.17) is 4.74 Å². The smallest absolute Gasteiger partial charge is 0.416 e. The van der Waals surface area contributed by atoms with Crippen LogP contribution >= 0.6 is 0 Å². The van der Waals surface area contributed by atoms with Gasteiger partial charge in [-0.3, -0.25) is 9.47 Å². The average molecular weight is 509 g/mol. The van der Waals surface area contributed by atoms with Gasteiger partial charge in [0.15, 0.2) is 0 Å². The van der Waals surface area contributed by atoms with Crippen molar-refractivity contribution in [3.05, 3.63) is 78.4 Å². The van der Waals surface area contributed by atoms with Gasteiger partial charge in [-0.25, -0.2) is 14.8 Å². The van der Waals surface area contributed by atoms with Crippen molar-refractivity contribution in [1.29, 1.82) is 0 Å². The number of hydrogen-bond acceptors (Lipinski definition) is 6. The van der Waals surface area contributed by atoms with Crippen molar-refractivity contribution in [2.45, 2.75) is 31.2 Å². The number of anilines is 1. The standard InChI is InChI=1S/C26H23F3N6O2/c27-26(28,29)17-2-1-3-18(11-17)33-25(36)34-9-7-16-10-20(4-5-21(16)34)37-24-12-19(31-15-32-24)14-35-22-6-8-30-13-23(22)35/h1-5,7,9-12,15,22-23,30H,6,8,13-14H2,(H,33,36)/t22?,23-,35+/m1/s1. The second-order valence-electron chi connectivity index (χ2n) is 9.16. The lowest BCUT2D eigenvalue weighted by Crippen LogP contribution is -2.28. The van der Waals surface area contributed by atoms with Crippen LogP contribution in [0.2, 0.25) is 0 Å². The third kappa shape index (κ3) is 4.87. The lowest BCUT2D eigenvalue weighted by molar-refractivity contribution is -0.137. The molecule has 1 amide bonds. The van der Waals surface area contributed by atoms with Gasteiger partial charge in [-0.05, 0) is 55.4 Å². The summed E-state index contributed by atoms with van der Waals surface area (Å²) in [6.07, 6.45) is -0.300. The van der Waals surface area contributed by atoms with Crippen LogP contribution in [-0.4, -0.2) is 50.6 Å². The number of halogens is 3. The van der Waals surface area contributed by atoms with E-state index in [-0.39, 0.29) is 5.69 Å². The van der Waals surface area contributed by atoms with E-state index in [9.17, 15) is 18.0 Å². The van der Waals surface area contributed by atoms with Crippen molar-refractivity contribution in [2.75, 3.05) is 18.4 Å². The Kier molecular flexibility index (Phi) is 5.81. The minimum Gasteiger partial charge on any atom is -0.439 e. The molecule has 190 valence electrons. The molecule has 2 fully saturated rings. The summed E-state index contributed by atoms with van der Waals surface area (Å²) < 4.78 is 46.2. The highest BCUT2D eigenvalue weighted by molar-refractivity contribution is 5.98. The number of rotatable bonds is 5. The zero-order valence-corrected chi connectivity index (χ0v) is 19.6. The van der Waals surface area contributed by atoms with Crippen LogP contribution < -0.4 is 15.4 Å². The SMILES string of the molecule is O=C(Nc1cccc(C(F)(F)F)c1)n1ccc2cc(Oc3cc(C[N@@]4C5CCNC[C@H]54)ncn3)ccc21. The van der Waals surface area contributed by atoms with Crippen molar-refractivity contribution >= 4 is 22.6 Å². The highest BCUT2D eigenvalue weighted by Crippen LogP contribution is 2.35. The van der Waals surface area contributed by atoms with Crippen LogP contribution in [-0.2, 0) is 12.7 Å².